The molecule has 0 bridgehead atoms. The SMILES string of the molecule is COC(=O)[C@H](CN1C(=O)NC2(CCN(C(=O)OC(C)(C)C)CC2)C1=O)NC(=O)OCc1ccccc1. The Labute approximate surface area is 209 Å². The summed E-state index contributed by atoms with van der Waals surface area (Å²) in [4.78, 5) is 65.2. The number of amides is 5. The van der Waals surface area contributed by atoms with E-state index in [1.165, 1.54) is 4.90 Å². The molecule has 1 aromatic carbocycles. The van der Waals surface area contributed by atoms with Crippen LogP contribution in [0.3, 0.4) is 0 Å². The predicted octanol–water partition coefficient (Wildman–Crippen LogP) is 1.78. The zero-order chi connectivity index (χ0) is 26.5. The highest BCUT2D eigenvalue weighted by Gasteiger charge is 2.53. The number of hydrogen-bond donors (Lipinski definition) is 2. The quantitative estimate of drug-likeness (QED) is 0.339. The first kappa shape index (κ1) is 26.8. The number of alkyl carbamates (subject to hydrolysis) is 1. The average Bonchev–Trinajstić information content (AvgIpc) is 3.05. The number of carbonyl (C=O) groups excluding carboxylic acids is 5. The van der Waals surface area contributed by atoms with Crippen molar-refractivity contribution in [3.63, 3.8) is 0 Å². The Morgan fingerprint density at radius 3 is 2.33 bits per heavy atom. The highest BCUT2D eigenvalue weighted by atomic mass is 16.6. The fourth-order valence-corrected chi connectivity index (χ4v) is 3.99. The van der Waals surface area contributed by atoms with E-state index in [2.05, 4.69) is 10.6 Å². The lowest BCUT2D eigenvalue weighted by molar-refractivity contribution is -0.144. The van der Waals surface area contributed by atoms with E-state index in [1.54, 1.807) is 45.0 Å². The van der Waals surface area contributed by atoms with Crippen molar-refractivity contribution >= 4 is 30.1 Å². The summed E-state index contributed by atoms with van der Waals surface area (Å²) in [5, 5.41) is 5.06. The Morgan fingerprint density at radius 1 is 1.11 bits per heavy atom. The average molecular weight is 505 g/mol. The van der Waals surface area contributed by atoms with Gasteiger partial charge in [0.25, 0.3) is 5.91 Å². The van der Waals surface area contributed by atoms with Gasteiger partial charge in [0.1, 0.15) is 23.8 Å². The zero-order valence-electron chi connectivity index (χ0n) is 20.9. The number of esters is 1. The van der Waals surface area contributed by atoms with Gasteiger partial charge in [0.05, 0.1) is 13.7 Å². The fraction of sp³-hybridized carbons (Fsp3) is 0.542. The molecule has 2 N–H and O–H groups in total. The standard InChI is InChI=1S/C24H32N4O8/c1-23(2,3)36-22(33)27-12-10-24(11-13-27)19(30)28(20(31)26-24)14-17(18(29)34-4)25-21(32)35-15-16-8-6-5-7-9-16/h5-9,17H,10-15H2,1-4H3,(H,25,32)(H,26,31)/t17-/m0/s1. The van der Waals surface area contributed by atoms with Crippen molar-refractivity contribution in [1.82, 2.24) is 20.4 Å². The summed E-state index contributed by atoms with van der Waals surface area (Å²) >= 11 is 0. The molecule has 2 heterocycles. The van der Waals surface area contributed by atoms with Gasteiger partial charge in [-0.1, -0.05) is 30.3 Å². The molecule has 1 atom stereocenters. The molecule has 0 unspecified atom stereocenters. The van der Waals surface area contributed by atoms with Gasteiger partial charge in [0, 0.05) is 13.1 Å². The maximum absolute atomic E-state index is 13.3. The molecule has 2 fully saturated rings. The van der Waals surface area contributed by atoms with Crippen LogP contribution in [0.25, 0.3) is 0 Å². The highest BCUT2D eigenvalue weighted by molar-refractivity contribution is 6.07. The molecule has 36 heavy (non-hydrogen) atoms. The molecule has 2 saturated heterocycles. The van der Waals surface area contributed by atoms with Crippen LogP contribution in [-0.4, -0.2) is 83.8 Å². The molecule has 3 rings (SSSR count). The van der Waals surface area contributed by atoms with Gasteiger partial charge in [-0.3, -0.25) is 9.69 Å². The summed E-state index contributed by atoms with van der Waals surface area (Å²) in [5.74, 6) is -1.38. The second kappa shape index (κ2) is 10.8. The second-order valence-corrected chi connectivity index (χ2v) is 9.68. The Hall–Kier alpha value is -3.83. The molecule has 1 aromatic rings. The molecule has 5 amide bonds. The number of nitrogens with zero attached hydrogens (tertiary/aromatic N) is 2. The summed E-state index contributed by atoms with van der Waals surface area (Å²) in [6, 6.07) is 6.92. The Balaban J connectivity index is 1.61. The van der Waals surface area contributed by atoms with Crippen LogP contribution in [0.5, 0.6) is 0 Å². The summed E-state index contributed by atoms with van der Waals surface area (Å²) in [6.07, 6.45) is -1.03. The van der Waals surface area contributed by atoms with E-state index in [4.69, 9.17) is 14.2 Å². The lowest BCUT2D eigenvalue weighted by Gasteiger charge is -2.37. The number of benzene rings is 1. The van der Waals surface area contributed by atoms with Gasteiger partial charge in [0.15, 0.2) is 0 Å². The monoisotopic (exact) mass is 504 g/mol. The summed E-state index contributed by atoms with van der Waals surface area (Å²) < 4.78 is 15.3. The van der Waals surface area contributed by atoms with E-state index in [-0.39, 0.29) is 32.5 Å². The first-order valence-electron chi connectivity index (χ1n) is 11.6. The molecule has 0 radical (unpaired) electrons. The molecule has 12 nitrogen and oxygen atoms in total. The van der Waals surface area contributed by atoms with E-state index in [9.17, 15) is 24.0 Å². The minimum atomic E-state index is -1.33. The summed E-state index contributed by atoms with van der Waals surface area (Å²) in [5.41, 5.74) is -1.11. The minimum Gasteiger partial charge on any atom is -0.467 e. The number of carbonyl (C=O) groups is 5. The molecule has 1 spiro atoms. The normalized spacial score (nSPS) is 17.9. The van der Waals surface area contributed by atoms with Crippen molar-refractivity contribution in [2.45, 2.75) is 57.4 Å². The Bertz CT molecular complexity index is 999. The number of piperidine rings is 1. The predicted molar refractivity (Wildman–Crippen MR) is 126 cm³/mol. The third-order valence-electron chi connectivity index (χ3n) is 5.87. The molecular weight excluding hydrogens is 472 g/mol. The number of urea groups is 1. The third-order valence-corrected chi connectivity index (χ3v) is 5.87. The number of nitrogens with one attached hydrogen (secondary N) is 2. The van der Waals surface area contributed by atoms with Crippen molar-refractivity contribution in [2.75, 3.05) is 26.7 Å². The fourth-order valence-electron chi connectivity index (χ4n) is 3.99. The zero-order valence-corrected chi connectivity index (χ0v) is 20.9. The van der Waals surface area contributed by atoms with Crippen molar-refractivity contribution in [3.05, 3.63) is 35.9 Å². The molecule has 12 heteroatoms. The van der Waals surface area contributed by atoms with Crippen LogP contribution in [0.2, 0.25) is 0 Å². The molecule has 0 aromatic heterocycles. The van der Waals surface area contributed by atoms with E-state index in [0.717, 1.165) is 17.6 Å². The van der Waals surface area contributed by atoms with E-state index in [1.807, 2.05) is 6.07 Å². The molecule has 0 aliphatic carbocycles. The largest absolute Gasteiger partial charge is 0.467 e. The van der Waals surface area contributed by atoms with Crippen LogP contribution >= 0.6 is 0 Å². The number of rotatable bonds is 6. The summed E-state index contributed by atoms with van der Waals surface area (Å²) in [7, 11) is 1.13. The minimum absolute atomic E-state index is 0.0268. The van der Waals surface area contributed by atoms with Crippen LogP contribution in [0.1, 0.15) is 39.2 Å². The molecule has 196 valence electrons. The van der Waals surface area contributed by atoms with Gasteiger partial charge in [0.2, 0.25) is 0 Å². The van der Waals surface area contributed by atoms with Crippen molar-refractivity contribution in [3.8, 4) is 0 Å². The van der Waals surface area contributed by atoms with Gasteiger partial charge < -0.3 is 29.7 Å². The van der Waals surface area contributed by atoms with Crippen LogP contribution in [0.15, 0.2) is 30.3 Å². The first-order valence-corrected chi connectivity index (χ1v) is 11.6. The highest BCUT2D eigenvalue weighted by Crippen LogP contribution is 2.30. The van der Waals surface area contributed by atoms with Crippen LogP contribution < -0.4 is 10.6 Å². The van der Waals surface area contributed by atoms with Crippen LogP contribution in [0, 0.1) is 0 Å². The maximum atomic E-state index is 13.3. The second-order valence-electron chi connectivity index (χ2n) is 9.68. The summed E-state index contributed by atoms with van der Waals surface area (Å²) in [6.45, 7) is 5.24. The van der Waals surface area contributed by atoms with E-state index >= 15 is 0 Å². The number of methoxy groups -OCH3 is 1. The molecule has 2 aliphatic rings. The smallest absolute Gasteiger partial charge is 0.410 e. The van der Waals surface area contributed by atoms with E-state index in [0.29, 0.717) is 0 Å². The lowest BCUT2D eigenvalue weighted by atomic mass is 9.87. The van der Waals surface area contributed by atoms with Gasteiger partial charge in [-0.05, 0) is 39.2 Å². The van der Waals surface area contributed by atoms with Gasteiger partial charge >= 0.3 is 24.2 Å². The van der Waals surface area contributed by atoms with Crippen LogP contribution in [-0.2, 0) is 30.4 Å². The van der Waals surface area contributed by atoms with Gasteiger partial charge in [-0.25, -0.2) is 19.2 Å². The molecule has 0 saturated carbocycles. The van der Waals surface area contributed by atoms with Gasteiger partial charge in [-0.2, -0.15) is 0 Å². The van der Waals surface area contributed by atoms with Crippen molar-refractivity contribution in [2.24, 2.45) is 0 Å². The third kappa shape index (κ3) is 6.43. The number of likely N-dealkylation sites (tertiary alicyclic amines) is 1. The number of ether oxygens (including phenoxy) is 3. The van der Waals surface area contributed by atoms with Crippen molar-refractivity contribution < 1.29 is 38.2 Å². The van der Waals surface area contributed by atoms with E-state index < -0.39 is 53.8 Å². The first-order chi connectivity index (χ1) is 16.9. The Morgan fingerprint density at radius 2 is 1.75 bits per heavy atom. The lowest BCUT2D eigenvalue weighted by Crippen LogP contribution is -2.57. The topological polar surface area (TPSA) is 144 Å². The van der Waals surface area contributed by atoms with Crippen molar-refractivity contribution in [1.29, 1.82) is 0 Å². The van der Waals surface area contributed by atoms with Crippen LogP contribution in [0.4, 0.5) is 14.4 Å². The maximum Gasteiger partial charge on any atom is 0.410 e. The van der Waals surface area contributed by atoms with Gasteiger partial charge in [-0.15, -0.1) is 0 Å². The molecular formula is C24H32N4O8. The molecule has 2 aliphatic heterocycles. The number of imide groups is 1. The Kier molecular flexibility index (Phi) is 8.06. The number of hydrogen-bond acceptors (Lipinski definition) is 8.